The van der Waals surface area contributed by atoms with Crippen molar-refractivity contribution in [3.63, 3.8) is 0 Å². The van der Waals surface area contributed by atoms with Crippen molar-refractivity contribution >= 4 is 0 Å². The van der Waals surface area contributed by atoms with Gasteiger partial charge in [0.1, 0.15) is 18.3 Å². The van der Waals surface area contributed by atoms with Crippen LogP contribution < -0.4 is 0 Å². The van der Waals surface area contributed by atoms with Gasteiger partial charge in [-0.15, -0.1) is 0 Å². The third-order valence-corrected chi connectivity index (χ3v) is 6.39. The molecule has 1 aliphatic heterocycles. The largest absolute Gasteiger partial charge is 0.388 e. The summed E-state index contributed by atoms with van der Waals surface area (Å²) in [5.74, 6) is -0.0611. The van der Waals surface area contributed by atoms with E-state index in [0.29, 0.717) is 26.4 Å². The molecule has 2 fully saturated rings. The van der Waals surface area contributed by atoms with Gasteiger partial charge in [-0.3, -0.25) is 0 Å². The number of epoxide rings is 1. The minimum absolute atomic E-state index is 0.0364. The number of fused-ring (bicyclic) bond motifs is 1. The van der Waals surface area contributed by atoms with E-state index >= 15 is 0 Å². The van der Waals surface area contributed by atoms with E-state index in [1.54, 1.807) is 0 Å². The number of rotatable bonds is 10. The molecule has 1 saturated heterocycles. The van der Waals surface area contributed by atoms with E-state index in [1.807, 2.05) is 91.0 Å². The number of aliphatic hydroxyl groups is 1. The zero-order valence-electron chi connectivity index (χ0n) is 18.5. The Morgan fingerprint density at radius 2 is 1.09 bits per heavy atom. The van der Waals surface area contributed by atoms with E-state index in [9.17, 15) is 5.11 Å². The molecular formula is C28H30O5. The molecule has 0 radical (unpaired) electrons. The van der Waals surface area contributed by atoms with Crippen molar-refractivity contribution in [3.05, 3.63) is 108 Å². The molecule has 0 aromatic heterocycles. The van der Waals surface area contributed by atoms with Crippen LogP contribution in [-0.2, 0) is 38.8 Å². The molecule has 1 heterocycles. The Labute approximate surface area is 194 Å². The zero-order valence-corrected chi connectivity index (χ0v) is 18.5. The standard InChI is InChI=1S/C28H30O5/c29-24-25(31-17-21-12-6-2-7-13-21)23(19-30-16-20-10-4-1-5-11-20)26-28(33-26)27(24)32-18-22-14-8-3-9-15-22/h1-15,23-29H,16-19H2/t23-,24+,25-,26-,27-,28-/m1/s1. The predicted molar refractivity (Wildman–Crippen MR) is 124 cm³/mol. The van der Waals surface area contributed by atoms with Gasteiger partial charge in [0, 0.05) is 5.92 Å². The fraction of sp³-hybridized carbons (Fsp3) is 0.357. The maximum atomic E-state index is 11.3. The Kier molecular flexibility index (Phi) is 7.15. The highest BCUT2D eigenvalue weighted by Crippen LogP contribution is 2.44. The van der Waals surface area contributed by atoms with E-state index in [4.69, 9.17) is 18.9 Å². The summed E-state index contributed by atoms with van der Waals surface area (Å²) in [4.78, 5) is 0. The van der Waals surface area contributed by atoms with Gasteiger partial charge in [0.05, 0.1) is 38.6 Å². The molecule has 1 saturated carbocycles. The molecule has 2 aliphatic rings. The Bertz CT molecular complexity index is 981. The summed E-state index contributed by atoms with van der Waals surface area (Å²) in [7, 11) is 0. The van der Waals surface area contributed by atoms with Gasteiger partial charge in [0.25, 0.3) is 0 Å². The smallest absolute Gasteiger partial charge is 0.115 e. The Hall–Kier alpha value is -2.54. The SMILES string of the molecule is O[C@@H]1[C@@H](OCc2ccccc2)[C@@H]2O[C@@H]2[C@H](COCc2ccccc2)[C@H]1OCc1ccccc1. The molecule has 1 N–H and O–H groups in total. The summed E-state index contributed by atoms with van der Waals surface area (Å²) in [5, 5.41) is 11.3. The number of benzene rings is 3. The van der Waals surface area contributed by atoms with E-state index in [0.717, 1.165) is 16.7 Å². The average Bonchev–Trinajstić information content (AvgIpc) is 3.66. The fourth-order valence-electron chi connectivity index (χ4n) is 4.59. The molecule has 1 aliphatic carbocycles. The number of hydrogen-bond donors (Lipinski definition) is 1. The highest BCUT2D eigenvalue weighted by Gasteiger charge is 2.61. The van der Waals surface area contributed by atoms with Gasteiger partial charge in [-0.25, -0.2) is 0 Å². The van der Waals surface area contributed by atoms with Crippen LogP contribution in [0, 0.1) is 5.92 Å². The van der Waals surface area contributed by atoms with Crippen molar-refractivity contribution in [3.8, 4) is 0 Å². The molecule has 0 unspecified atom stereocenters. The molecule has 5 rings (SSSR count). The molecule has 6 atom stereocenters. The number of aliphatic hydroxyl groups excluding tert-OH is 1. The normalized spacial score (nSPS) is 28.3. The molecule has 0 bridgehead atoms. The molecule has 172 valence electrons. The second-order valence-corrected chi connectivity index (χ2v) is 8.74. The zero-order chi connectivity index (χ0) is 22.5. The topological polar surface area (TPSA) is 60.5 Å². The van der Waals surface area contributed by atoms with Crippen molar-refractivity contribution in [1.82, 2.24) is 0 Å². The molecule has 0 spiro atoms. The van der Waals surface area contributed by atoms with Crippen molar-refractivity contribution in [1.29, 1.82) is 0 Å². The second kappa shape index (κ2) is 10.6. The number of hydrogen-bond acceptors (Lipinski definition) is 5. The first-order valence-corrected chi connectivity index (χ1v) is 11.6. The third kappa shape index (κ3) is 5.52. The summed E-state index contributed by atoms with van der Waals surface area (Å²) in [6.45, 7) is 1.82. The van der Waals surface area contributed by atoms with Crippen molar-refractivity contribution in [2.45, 2.75) is 50.3 Å². The van der Waals surface area contributed by atoms with Crippen LogP contribution in [0.15, 0.2) is 91.0 Å². The van der Waals surface area contributed by atoms with Gasteiger partial charge >= 0.3 is 0 Å². The summed E-state index contributed by atoms with van der Waals surface area (Å²) in [6.07, 6.45) is -1.84. The van der Waals surface area contributed by atoms with Crippen LogP contribution in [0.1, 0.15) is 16.7 Å². The number of ether oxygens (including phenoxy) is 4. The van der Waals surface area contributed by atoms with Crippen LogP contribution in [0.5, 0.6) is 0 Å². The Balaban J connectivity index is 1.25. The Morgan fingerprint density at radius 1 is 0.606 bits per heavy atom. The van der Waals surface area contributed by atoms with Crippen LogP contribution in [0.2, 0.25) is 0 Å². The van der Waals surface area contributed by atoms with Crippen LogP contribution in [0.4, 0.5) is 0 Å². The van der Waals surface area contributed by atoms with Gasteiger partial charge < -0.3 is 24.1 Å². The quantitative estimate of drug-likeness (QED) is 0.475. The summed E-state index contributed by atoms with van der Waals surface area (Å²) < 4.78 is 24.5. The lowest BCUT2D eigenvalue weighted by molar-refractivity contribution is -0.160. The lowest BCUT2D eigenvalue weighted by Crippen LogP contribution is -2.54. The van der Waals surface area contributed by atoms with E-state index in [2.05, 4.69) is 0 Å². The third-order valence-electron chi connectivity index (χ3n) is 6.39. The highest BCUT2D eigenvalue weighted by molar-refractivity contribution is 5.16. The minimum Gasteiger partial charge on any atom is -0.388 e. The van der Waals surface area contributed by atoms with Gasteiger partial charge in [-0.1, -0.05) is 91.0 Å². The summed E-state index contributed by atoms with van der Waals surface area (Å²) >= 11 is 0. The van der Waals surface area contributed by atoms with Crippen molar-refractivity contribution in [2.75, 3.05) is 6.61 Å². The van der Waals surface area contributed by atoms with Gasteiger partial charge in [-0.2, -0.15) is 0 Å². The fourth-order valence-corrected chi connectivity index (χ4v) is 4.59. The lowest BCUT2D eigenvalue weighted by atomic mass is 9.82. The monoisotopic (exact) mass is 446 g/mol. The van der Waals surface area contributed by atoms with Gasteiger partial charge in [0.2, 0.25) is 0 Å². The first-order chi connectivity index (χ1) is 16.3. The molecule has 5 nitrogen and oxygen atoms in total. The van der Waals surface area contributed by atoms with Crippen molar-refractivity contribution in [2.24, 2.45) is 5.92 Å². The molecular weight excluding hydrogens is 416 g/mol. The van der Waals surface area contributed by atoms with Crippen molar-refractivity contribution < 1.29 is 24.1 Å². The summed E-state index contributed by atoms with van der Waals surface area (Å²) in [5.41, 5.74) is 3.25. The first kappa shape index (κ1) is 22.3. The maximum Gasteiger partial charge on any atom is 0.115 e. The van der Waals surface area contributed by atoms with Crippen LogP contribution in [0.25, 0.3) is 0 Å². The molecule has 33 heavy (non-hydrogen) atoms. The van der Waals surface area contributed by atoms with E-state index in [-0.39, 0.29) is 18.1 Å². The van der Waals surface area contributed by atoms with Crippen LogP contribution in [-0.4, -0.2) is 42.2 Å². The molecule has 3 aromatic carbocycles. The maximum absolute atomic E-state index is 11.3. The van der Waals surface area contributed by atoms with Crippen LogP contribution >= 0.6 is 0 Å². The van der Waals surface area contributed by atoms with E-state index < -0.39 is 18.3 Å². The second-order valence-electron chi connectivity index (χ2n) is 8.74. The average molecular weight is 447 g/mol. The van der Waals surface area contributed by atoms with Gasteiger partial charge in [0.15, 0.2) is 0 Å². The Morgan fingerprint density at radius 3 is 1.64 bits per heavy atom. The lowest BCUT2D eigenvalue weighted by Gasteiger charge is -2.37. The summed E-state index contributed by atoms with van der Waals surface area (Å²) in [6, 6.07) is 30.1. The minimum atomic E-state index is -0.800. The molecule has 3 aromatic rings. The first-order valence-electron chi connectivity index (χ1n) is 11.6. The van der Waals surface area contributed by atoms with Gasteiger partial charge in [-0.05, 0) is 16.7 Å². The molecule has 5 heteroatoms. The highest BCUT2D eigenvalue weighted by atomic mass is 16.6. The predicted octanol–water partition coefficient (Wildman–Crippen LogP) is 4.13. The van der Waals surface area contributed by atoms with E-state index in [1.165, 1.54) is 0 Å². The molecule has 0 amide bonds. The van der Waals surface area contributed by atoms with Crippen LogP contribution in [0.3, 0.4) is 0 Å².